The van der Waals surface area contributed by atoms with Crippen LogP contribution in [0.4, 0.5) is 0 Å². The van der Waals surface area contributed by atoms with Crippen LogP contribution in [0.25, 0.3) is 0 Å². The summed E-state index contributed by atoms with van der Waals surface area (Å²) in [4.78, 5) is 22.9. The van der Waals surface area contributed by atoms with Gasteiger partial charge in [-0.15, -0.1) is 0 Å². The van der Waals surface area contributed by atoms with Crippen LogP contribution < -0.4 is 10.1 Å². The van der Waals surface area contributed by atoms with Crippen LogP contribution in [-0.4, -0.2) is 23.1 Å². The maximum Gasteiger partial charge on any atom is 0.303 e. The number of nitrogens with one attached hydrogen (secondary N) is 1. The average molecular weight is 319 g/mol. The molecule has 0 aliphatic heterocycles. The number of carboxylic acids is 1. The molecular weight excluding hydrogens is 294 g/mol. The van der Waals surface area contributed by atoms with Crippen molar-refractivity contribution in [2.45, 2.75) is 58.6 Å². The second kappa shape index (κ2) is 7.49. The average Bonchev–Trinajstić information content (AvgIpc) is 2.39. The summed E-state index contributed by atoms with van der Waals surface area (Å²) in [6.45, 7) is 3.97. The minimum Gasteiger partial charge on any atom is -0.490 e. The number of rotatable bonds is 8. The number of aliphatic carboxylic acids is 1. The quantitative estimate of drug-likeness (QED) is 0.772. The van der Waals surface area contributed by atoms with Crippen LogP contribution in [0, 0.1) is 5.41 Å². The Morgan fingerprint density at radius 2 is 1.96 bits per heavy atom. The molecule has 0 spiro atoms. The van der Waals surface area contributed by atoms with E-state index in [0.29, 0.717) is 12.6 Å². The Labute approximate surface area is 137 Å². The molecule has 2 rings (SSSR count). The Hall–Kier alpha value is -2.04. The van der Waals surface area contributed by atoms with E-state index in [1.807, 2.05) is 24.3 Å². The summed E-state index contributed by atoms with van der Waals surface area (Å²) >= 11 is 0. The maximum absolute atomic E-state index is 12.1. The SMILES string of the molecule is CC(C)(CC(=O)O)CC(=O)NCc1ccccc1OC1CCC1. The van der Waals surface area contributed by atoms with Crippen molar-refractivity contribution in [1.82, 2.24) is 5.32 Å². The molecule has 0 unspecified atom stereocenters. The van der Waals surface area contributed by atoms with Crippen molar-refractivity contribution in [1.29, 1.82) is 0 Å². The topological polar surface area (TPSA) is 75.6 Å². The van der Waals surface area contributed by atoms with Crippen molar-refractivity contribution >= 4 is 11.9 Å². The lowest BCUT2D eigenvalue weighted by Crippen LogP contribution is -2.30. The van der Waals surface area contributed by atoms with Crippen LogP contribution in [0.15, 0.2) is 24.3 Å². The number of hydrogen-bond acceptors (Lipinski definition) is 3. The molecule has 1 aliphatic carbocycles. The van der Waals surface area contributed by atoms with Gasteiger partial charge in [-0.3, -0.25) is 9.59 Å². The normalized spacial score (nSPS) is 14.9. The zero-order valence-electron chi connectivity index (χ0n) is 13.8. The summed E-state index contributed by atoms with van der Waals surface area (Å²) in [6.07, 6.45) is 3.84. The molecule has 0 bridgehead atoms. The molecule has 1 aliphatic rings. The van der Waals surface area contributed by atoms with E-state index in [1.165, 1.54) is 6.42 Å². The second-order valence-corrected chi connectivity index (χ2v) is 6.97. The first kappa shape index (κ1) is 17.3. The van der Waals surface area contributed by atoms with Crippen LogP contribution >= 0.6 is 0 Å². The second-order valence-electron chi connectivity index (χ2n) is 6.97. The first-order valence-corrected chi connectivity index (χ1v) is 8.09. The Morgan fingerprint density at radius 1 is 1.26 bits per heavy atom. The molecule has 126 valence electrons. The monoisotopic (exact) mass is 319 g/mol. The van der Waals surface area contributed by atoms with Crippen molar-refractivity contribution in [3.05, 3.63) is 29.8 Å². The summed E-state index contributed by atoms with van der Waals surface area (Å²) < 4.78 is 5.94. The minimum absolute atomic E-state index is 0.0260. The van der Waals surface area contributed by atoms with E-state index in [-0.39, 0.29) is 18.7 Å². The van der Waals surface area contributed by atoms with E-state index < -0.39 is 11.4 Å². The van der Waals surface area contributed by atoms with Crippen molar-refractivity contribution in [3.63, 3.8) is 0 Å². The fourth-order valence-corrected chi connectivity index (χ4v) is 2.60. The van der Waals surface area contributed by atoms with Crippen LogP contribution in [0.1, 0.15) is 51.5 Å². The number of hydrogen-bond donors (Lipinski definition) is 2. The lowest BCUT2D eigenvalue weighted by atomic mass is 9.85. The third-order valence-corrected chi connectivity index (χ3v) is 4.06. The van der Waals surface area contributed by atoms with Gasteiger partial charge in [0, 0.05) is 18.5 Å². The first-order chi connectivity index (χ1) is 10.9. The molecule has 1 saturated carbocycles. The van der Waals surface area contributed by atoms with Gasteiger partial charge in [0.15, 0.2) is 0 Å². The summed E-state index contributed by atoms with van der Waals surface area (Å²) in [5, 5.41) is 11.7. The molecule has 0 saturated heterocycles. The van der Waals surface area contributed by atoms with Gasteiger partial charge in [0.2, 0.25) is 5.91 Å². The summed E-state index contributed by atoms with van der Waals surface area (Å²) in [7, 11) is 0. The standard InChI is InChI=1S/C18H25NO4/c1-18(2,11-17(21)22)10-16(20)19-12-13-6-3-4-9-15(13)23-14-7-5-8-14/h3-4,6,9,14H,5,7-8,10-12H2,1-2H3,(H,19,20)(H,21,22). The van der Waals surface area contributed by atoms with E-state index in [0.717, 1.165) is 24.2 Å². The maximum atomic E-state index is 12.1. The molecule has 0 atom stereocenters. The highest BCUT2D eigenvalue weighted by Gasteiger charge is 2.25. The van der Waals surface area contributed by atoms with Gasteiger partial charge in [0.05, 0.1) is 12.5 Å². The lowest BCUT2D eigenvalue weighted by Gasteiger charge is -2.27. The minimum atomic E-state index is -0.887. The molecule has 23 heavy (non-hydrogen) atoms. The molecule has 5 nitrogen and oxygen atoms in total. The molecule has 1 aromatic carbocycles. The van der Waals surface area contributed by atoms with Gasteiger partial charge < -0.3 is 15.2 Å². The smallest absolute Gasteiger partial charge is 0.303 e. The highest BCUT2D eigenvalue weighted by Crippen LogP contribution is 2.28. The number of carbonyl (C=O) groups is 2. The van der Waals surface area contributed by atoms with Gasteiger partial charge in [-0.25, -0.2) is 0 Å². The van der Waals surface area contributed by atoms with Crippen molar-refractivity contribution in [3.8, 4) is 5.75 Å². The van der Waals surface area contributed by atoms with E-state index in [9.17, 15) is 9.59 Å². The molecule has 1 amide bonds. The summed E-state index contributed by atoms with van der Waals surface area (Å²) in [5.74, 6) is -0.209. The van der Waals surface area contributed by atoms with Gasteiger partial charge >= 0.3 is 5.97 Å². The summed E-state index contributed by atoms with van der Waals surface area (Å²) in [5.41, 5.74) is 0.390. The van der Waals surface area contributed by atoms with E-state index >= 15 is 0 Å². The number of benzene rings is 1. The highest BCUT2D eigenvalue weighted by atomic mass is 16.5. The van der Waals surface area contributed by atoms with E-state index in [2.05, 4.69) is 5.32 Å². The number of carboxylic acid groups (broad SMARTS) is 1. The molecule has 0 radical (unpaired) electrons. The third-order valence-electron chi connectivity index (χ3n) is 4.06. The molecular formula is C18H25NO4. The number of carbonyl (C=O) groups excluding carboxylic acids is 1. The number of ether oxygens (including phenoxy) is 1. The highest BCUT2D eigenvalue weighted by molar-refractivity contribution is 5.78. The Morgan fingerprint density at radius 3 is 2.57 bits per heavy atom. The first-order valence-electron chi connectivity index (χ1n) is 8.09. The molecule has 0 heterocycles. The van der Waals surface area contributed by atoms with E-state index in [4.69, 9.17) is 9.84 Å². The van der Waals surface area contributed by atoms with Gasteiger partial charge in [0.1, 0.15) is 5.75 Å². The van der Waals surface area contributed by atoms with Crippen LogP contribution in [0.3, 0.4) is 0 Å². The van der Waals surface area contributed by atoms with E-state index in [1.54, 1.807) is 13.8 Å². The number of amides is 1. The van der Waals surface area contributed by atoms with Crippen molar-refractivity contribution in [2.75, 3.05) is 0 Å². The molecule has 0 aromatic heterocycles. The van der Waals surface area contributed by atoms with Gasteiger partial charge in [-0.1, -0.05) is 32.0 Å². The molecule has 2 N–H and O–H groups in total. The lowest BCUT2D eigenvalue weighted by molar-refractivity contribution is -0.139. The van der Waals surface area contributed by atoms with Gasteiger partial charge in [-0.2, -0.15) is 0 Å². The van der Waals surface area contributed by atoms with Gasteiger partial charge in [0.25, 0.3) is 0 Å². The van der Waals surface area contributed by atoms with Crippen LogP contribution in [0.5, 0.6) is 5.75 Å². The molecule has 1 aromatic rings. The summed E-state index contributed by atoms with van der Waals surface area (Å²) in [6, 6.07) is 7.71. The Balaban J connectivity index is 1.87. The Kier molecular flexibility index (Phi) is 5.64. The Bertz CT molecular complexity index is 564. The molecule has 5 heteroatoms. The fraction of sp³-hybridized carbons (Fsp3) is 0.556. The van der Waals surface area contributed by atoms with Gasteiger partial charge in [-0.05, 0) is 30.7 Å². The zero-order valence-corrected chi connectivity index (χ0v) is 13.8. The van der Waals surface area contributed by atoms with Crippen molar-refractivity contribution < 1.29 is 19.4 Å². The predicted molar refractivity (Wildman–Crippen MR) is 87.2 cm³/mol. The molecule has 1 fully saturated rings. The van der Waals surface area contributed by atoms with Crippen LogP contribution in [-0.2, 0) is 16.1 Å². The number of para-hydroxylation sites is 1. The zero-order chi connectivity index (χ0) is 16.9. The largest absolute Gasteiger partial charge is 0.490 e. The predicted octanol–water partition coefficient (Wildman–Crippen LogP) is 3.13. The van der Waals surface area contributed by atoms with Crippen molar-refractivity contribution in [2.24, 2.45) is 5.41 Å². The van der Waals surface area contributed by atoms with Crippen LogP contribution in [0.2, 0.25) is 0 Å². The fourth-order valence-electron chi connectivity index (χ4n) is 2.60. The third kappa shape index (κ3) is 5.58.